The SMILES string of the molecule is CC(=O)[C@@]12CCCC[C@@H]1C2Br. The molecule has 0 spiro atoms. The molecular formula is C9H13BrO. The van der Waals surface area contributed by atoms with Crippen molar-refractivity contribution in [3.63, 3.8) is 0 Å². The first kappa shape index (κ1) is 7.78. The topological polar surface area (TPSA) is 17.1 Å². The van der Waals surface area contributed by atoms with E-state index in [4.69, 9.17) is 0 Å². The van der Waals surface area contributed by atoms with Gasteiger partial charge in [-0.25, -0.2) is 0 Å². The van der Waals surface area contributed by atoms with Crippen LogP contribution in [0.3, 0.4) is 0 Å². The molecule has 0 aromatic rings. The summed E-state index contributed by atoms with van der Waals surface area (Å²) < 4.78 is 0. The number of hydrogen-bond acceptors (Lipinski definition) is 1. The van der Waals surface area contributed by atoms with E-state index in [1.54, 1.807) is 6.92 Å². The molecule has 0 bridgehead atoms. The molecule has 2 aliphatic rings. The molecule has 2 rings (SSSR count). The molecule has 2 fully saturated rings. The van der Waals surface area contributed by atoms with Gasteiger partial charge >= 0.3 is 0 Å². The lowest BCUT2D eigenvalue weighted by atomic mass is 9.86. The van der Waals surface area contributed by atoms with Gasteiger partial charge in [0.1, 0.15) is 5.78 Å². The molecule has 0 aromatic carbocycles. The molecule has 1 nitrogen and oxygen atoms in total. The third-order valence-electron chi connectivity index (χ3n) is 3.41. The highest BCUT2D eigenvalue weighted by Gasteiger charge is 2.66. The number of Topliss-reactive ketones (excluding diaryl/α,β-unsaturated/α-hetero) is 1. The van der Waals surface area contributed by atoms with Gasteiger partial charge in [-0.3, -0.25) is 4.79 Å². The number of halogens is 1. The highest BCUT2D eigenvalue weighted by Crippen LogP contribution is 2.65. The average Bonchev–Trinajstić information content (AvgIpc) is 2.60. The molecule has 0 amide bonds. The lowest BCUT2D eigenvalue weighted by Crippen LogP contribution is -2.19. The maximum absolute atomic E-state index is 11.3. The monoisotopic (exact) mass is 216 g/mol. The second-order valence-electron chi connectivity index (χ2n) is 3.85. The van der Waals surface area contributed by atoms with Crippen LogP contribution in [0.1, 0.15) is 32.6 Å². The summed E-state index contributed by atoms with van der Waals surface area (Å²) in [5, 5.41) is 0. The first-order valence-corrected chi connectivity index (χ1v) is 5.26. The highest BCUT2D eigenvalue weighted by atomic mass is 79.9. The van der Waals surface area contributed by atoms with Crippen molar-refractivity contribution < 1.29 is 4.79 Å². The Morgan fingerprint density at radius 1 is 1.55 bits per heavy atom. The van der Waals surface area contributed by atoms with Crippen molar-refractivity contribution in [3.05, 3.63) is 0 Å². The van der Waals surface area contributed by atoms with Gasteiger partial charge in [0.15, 0.2) is 0 Å². The van der Waals surface area contributed by atoms with Gasteiger partial charge in [-0.15, -0.1) is 0 Å². The van der Waals surface area contributed by atoms with Crippen molar-refractivity contribution in [2.75, 3.05) is 0 Å². The molecule has 0 radical (unpaired) electrons. The van der Waals surface area contributed by atoms with Crippen LogP contribution in [0.15, 0.2) is 0 Å². The molecule has 62 valence electrons. The van der Waals surface area contributed by atoms with Gasteiger partial charge < -0.3 is 0 Å². The standard InChI is InChI=1S/C9H13BrO/c1-6(11)9-5-3-2-4-7(9)8(9)10/h7-8H,2-5H2,1H3/t7-,8?,9+/m1/s1. The summed E-state index contributed by atoms with van der Waals surface area (Å²) in [6, 6.07) is 0. The van der Waals surface area contributed by atoms with Crippen LogP contribution in [-0.4, -0.2) is 10.6 Å². The van der Waals surface area contributed by atoms with Crippen molar-refractivity contribution >= 4 is 21.7 Å². The summed E-state index contributed by atoms with van der Waals surface area (Å²) in [7, 11) is 0. The number of ketones is 1. The number of hydrogen-bond donors (Lipinski definition) is 0. The Morgan fingerprint density at radius 2 is 2.27 bits per heavy atom. The third-order valence-corrected chi connectivity index (χ3v) is 4.86. The second-order valence-corrected chi connectivity index (χ2v) is 4.84. The largest absolute Gasteiger partial charge is 0.299 e. The van der Waals surface area contributed by atoms with Crippen LogP contribution >= 0.6 is 15.9 Å². The number of carbonyl (C=O) groups excluding carboxylic acids is 1. The zero-order chi connectivity index (χ0) is 8.06. The highest BCUT2D eigenvalue weighted by molar-refractivity contribution is 9.09. The summed E-state index contributed by atoms with van der Waals surface area (Å²) >= 11 is 3.61. The van der Waals surface area contributed by atoms with Gasteiger partial charge in [0.05, 0.1) is 0 Å². The second kappa shape index (κ2) is 2.32. The summed E-state index contributed by atoms with van der Waals surface area (Å²) in [5.41, 5.74) is 0.0816. The molecule has 11 heavy (non-hydrogen) atoms. The quantitative estimate of drug-likeness (QED) is 0.617. The molecule has 2 aliphatic carbocycles. The lowest BCUT2D eigenvalue weighted by Gasteiger charge is -2.17. The van der Waals surface area contributed by atoms with Crippen LogP contribution in [0.4, 0.5) is 0 Å². The van der Waals surface area contributed by atoms with Gasteiger partial charge in [0, 0.05) is 10.2 Å². The normalized spacial score (nSPS) is 48.2. The first-order chi connectivity index (χ1) is 5.19. The molecule has 0 heterocycles. The van der Waals surface area contributed by atoms with Crippen LogP contribution in [-0.2, 0) is 4.79 Å². The minimum Gasteiger partial charge on any atom is -0.299 e. The Morgan fingerprint density at radius 3 is 2.73 bits per heavy atom. The molecule has 1 unspecified atom stereocenters. The fourth-order valence-electron chi connectivity index (χ4n) is 2.61. The fraction of sp³-hybridized carbons (Fsp3) is 0.889. The lowest BCUT2D eigenvalue weighted by molar-refractivity contribution is -0.123. The summed E-state index contributed by atoms with van der Waals surface area (Å²) in [6.45, 7) is 1.75. The van der Waals surface area contributed by atoms with E-state index in [1.165, 1.54) is 19.3 Å². The Labute approximate surface area is 75.7 Å². The zero-order valence-electron chi connectivity index (χ0n) is 6.77. The number of rotatable bonds is 1. The first-order valence-electron chi connectivity index (χ1n) is 4.34. The van der Waals surface area contributed by atoms with Crippen molar-refractivity contribution in [3.8, 4) is 0 Å². The Balaban J connectivity index is 2.20. The minimum absolute atomic E-state index is 0.0816. The van der Waals surface area contributed by atoms with E-state index in [9.17, 15) is 4.79 Å². The van der Waals surface area contributed by atoms with E-state index < -0.39 is 0 Å². The van der Waals surface area contributed by atoms with E-state index in [1.807, 2.05) is 0 Å². The van der Waals surface area contributed by atoms with Gasteiger partial charge in [-0.1, -0.05) is 28.8 Å². The van der Waals surface area contributed by atoms with Gasteiger partial charge in [-0.2, -0.15) is 0 Å². The van der Waals surface area contributed by atoms with E-state index in [-0.39, 0.29) is 5.41 Å². The molecule has 0 N–H and O–H groups in total. The van der Waals surface area contributed by atoms with Gasteiger partial charge in [-0.05, 0) is 25.7 Å². The Bertz CT molecular complexity index is 202. The fourth-order valence-corrected chi connectivity index (χ4v) is 4.08. The van der Waals surface area contributed by atoms with Crippen molar-refractivity contribution in [2.24, 2.45) is 11.3 Å². The smallest absolute Gasteiger partial charge is 0.137 e. The maximum Gasteiger partial charge on any atom is 0.137 e. The zero-order valence-corrected chi connectivity index (χ0v) is 8.36. The molecular weight excluding hydrogens is 204 g/mol. The average molecular weight is 217 g/mol. The predicted molar refractivity (Wildman–Crippen MR) is 47.8 cm³/mol. The number of fused-ring (bicyclic) bond motifs is 1. The van der Waals surface area contributed by atoms with Crippen LogP contribution in [0.5, 0.6) is 0 Å². The van der Waals surface area contributed by atoms with Crippen LogP contribution < -0.4 is 0 Å². The minimum atomic E-state index is 0.0816. The van der Waals surface area contributed by atoms with E-state index >= 15 is 0 Å². The van der Waals surface area contributed by atoms with E-state index in [0.29, 0.717) is 16.5 Å². The molecule has 2 saturated carbocycles. The van der Waals surface area contributed by atoms with Crippen LogP contribution in [0.25, 0.3) is 0 Å². The predicted octanol–water partition coefficient (Wildman–Crippen LogP) is 2.53. The Kier molecular flexibility index (Phi) is 1.64. The summed E-state index contributed by atoms with van der Waals surface area (Å²) in [6.07, 6.45) is 4.96. The van der Waals surface area contributed by atoms with E-state index in [0.717, 1.165) is 6.42 Å². The molecule has 2 heteroatoms. The molecule has 0 saturated heterocycles. The van der Waals surface area contributed by atoms with Crippen LogP contribution in [0.2, 0.25) is 0 Å². The number of carbonyl (C=O) groups is 1. The molecule has 0 aliphatic heterocycles. The Hall–Kier alpha value is 0.150. The molecule has 3 atom stereocenters. The number of alkyl halides is 1. The van der Waals surface area contributed by atoms with Gasteiger partial charge in [0.2, 0.25) is 0 Å². The summed E-state index contributed by atoms with van der Waals surface area (Å²) in [4.78, 5) is 11.9. The summed E-state index contributed by atoms with van der Waals surface area (Å²) in [5.74, 6) is 1.08. The van der Waals surface area contributed by atoms with E-state index in [2.05, 4.69) is 15.9 Å². The molecule has 0 aromatic heterocycles. The van der Waals surface area contributed by atoms with Crippen LogP contribution in [0, 0.1) is 11.3 Å². The third kappa shape index (κ3) is 0.851. The van der Waals surface area contributed by atoms with Crippen molar-refractivity contribution in [1.29, 1.82) is 0 Å². The van der Waals surface area contributed by atoms with Gasteiger partial charge in [0.25, 0.3) is 0 Å². The van der Waals surface area contributed by atoms with Crippen molar-refractivity contribution in [1.82, 2.24) is 0 Å². The van der Waals surface area contributed by atoms with Crippen molar-refractivity contribution in [2.45, 2.75) is 37.4 Å². The maximum atomic E-state index is 11.3.